The third kappa shape index (κ3) is 1.31. The Balaban J connectivity index is 2.53. The van der Waals surface area contributed by atoms with Gasteiger partial charge in [0.2, 0.25) is 0 Å². The Hall–Kier alpha value is -0.120. The molecule has 0 aromatic rings. The van der Waals surface area contributed by atoms with Gasteiger partial charge in [-0.25, -0.2) is 0 Å². The second kappa shape index (κ2) is 2.49. The minimum atomic E-state index is -0.645. The zero-order valence-corrected chi connectivity index (χ0v) is 6.46. The summed E-state index contributed by atoms with van der Waals surface area (Å²) < 4.78 is 0. The molecule has 0 spiro atoms. The molecule has 3 nitrogen and oxygen atoms in total. The van der Waals surface area contributed by atoms with E-state index in [1.165, 1.54) is 0 Å². The first-order chi connectivity index (χ1) is 4.56. The van der Waals surface area contributed by atoms with Gasteiger partial charge in [-0.05, 0) is 20.3 Å². The van der Waals surface area contributed by atoms with Crippen molar-refractivity contribution in [2.75, 3.05) is 6.61 Å². The lowest BCUT2D eigenvalue weighted by Crippen LogP contribution is -2.38. The van der Waals surface area contributed by atoms with Gasteiger partial charge in [-0.3, -0.25) is 0 Å². The van der Waals surface area contributed by atoms with Crippen molar-refractivity contribution in [2.24, 2.45) is 0 Å². The highest BCUT2D eigenvalue weighted by Crippen LogP contribution is 2.23. The Morgan fingerprint density at radius 3 is 2.50 bits per heavy atom. The van der Waals surface area contributed by atoms with Gasteiger partial charge in [-0.15, -0.1) is 0 Å². The summed E-state index contributed by atoms with van der Waals surface area (Å²) in [6.45, 7) is 3.83. The van der Waals surface area contributed by atoms with Crippen molar-refractivity contribution in [1.29, 1.82) is 0 Å². The highest BCUT2D eigenvalue weighted by atomic mass is 16.3. The van der Waals surface area contributed by atoms with Gasteiger partial charge in [0.25, 0.3) is 0 Å². The maximum absolute atomic E-state index is 9.59. The summed E-state index contributed by atoms with van der Waals surface area (Å²) in [5, 5.41) is 21.4. The number of nitrogens with one attached hydrogen (secondary N) is 1. The molecule has 1 aliphatic heterocycles. The average molecular weight is 145 g/mol. The Bertz CT molecular complexity index is 125. The highest BCUT2D eigenvalue weighted by molar-refractivity contribution is 4.96. The van der Waals surface area contributed by atoms with Gasteiger partial charge in [0.05, 0.1) is 12.2 Å². The molecule has 1 heterocycles. The molecule has 0 amide bonds. The zero-order chi connectivity index (χ0) is 7.78. The van der Waals surface area contributed by atoms with Crippen molar-refractivity contribution in [3.8, 4) is 0 Å². The number of rotatable bonds is 1. The molecule has 0 aromatic heterocycles. The fourth-order valence-corrected chi connectivity index (χ4v) is 1.38. The molecule has 0 bridgehead atoms. The molecular weight excluding hydrogens is 130 g/mol. The second-order valence-electron chi connectivity index (χ2n) is 3.33. The minimum Gasteiger partial charge on any atom is -0.395 e. The van der Waals surface area contributed by atoms with Crippen LogP contribution in [0.4, 0.5) is 0 Å². The zero-order valence-electron chi connectivity index (χ0n) is 6.46. The molecular formula is C7H15NO2. The van der Waals surface area contributed by atoms with E-state index in [1.807, 2.05) is 6.92 Å². The third-order valence-corrected chi connectivity index (χ3v) is 2.30. The summed E-state index contributed by atoms with van der Waals surface area (Å²) in [5.41, 5.74) is -0.645. The SMILES string of the molecule is CC1NC(CO)CC1(C)O. The van der Waals surface area contributed by atoms with E-state index in [0.717, 1.165) is 0 Å². The molecule has 0 saturated carbocycles. The Labute approximate surface area is 61.1 Å². The molecule has 0 radical (unpaired) electrons. The lowest BCUT2D eigenvalue weighted by atomic mass is 9.97. The van der Waals surface area contributed by atoms with Crippen molar-refractivity contribution in [3.63, 3.8) is 0 Å². The van der Waals surface area contributed by atoms with Crippen LogP contribution in [0, 0.1) is 0 Å². The molecule has 10 heavy (non-hydrogen) atoms. The maximum atomic E-state index is 9.59. The van der Waals surface area contributed by atoms with Crippen molar-refractivity contribution in [1.82, 2.24) is 5.32 Å². The largest absolute Gasteiger partial charge is 0.395 e. The van der Waals surface area contributed by atoms with Crippen LogP contribution in [0.5, 0.6) is 0 Å². The van der Waals surface area contributed by atoms with E-state index in [2.05, 4.69) is 5.32 Å². The van der Waals surface area contributed by atoms with E-state index in [1.54, 1.807) is 6.92 Å². The normalized spacial score (nSPS) is 48.0. The van der Waals surface area contributed by atoms with Crippen LogP contribution in [0.15, 0.2) is 0 Å². The summed E-state index contributed by atoms with van der Waals surface area (Å²) in [6.07, 6.45) is 0.644. The molecule has 3 atom stereocenters. The number of aliphatic hydroxyl groups is 2. The minimum absolute atomic E-state index is 0.0741. The van der Waals surface area contributed by atoms with Crippen molar-refractivity contribution >= 4 is 0 Å². The molecule has 1 saturated heterocycles. The van der Waals surface area contributed by atoms with E-state index in [4.69, 9.17) is 5.11 Å². The van der Waals surface area contributed by atoms with Gasteiger partial charge in [0.15, 0.2) is 0 Å². The van der Waals surface area contributed by atoms with E-state index >= 15 is 0 Å². The monoisotopic (exact) mass is 145 g/mol. The molecule has 0 aliphatic carbocycles. The summed E-state index contributed by atoms with van der Waals surface area (Å²) in [7, 11) is 0. The summed E-state index contributed by atoms with van der Waals surface area (Å²) >= 11 is 0. The van der Waals surface area contributed by atoms with Gasteiger partial charge in [-0.1, -0.05) is 0 Å². The number of hydrogen-bond donors (Lipinski definition) is 3. The predicted octanol–water partition coefficient (Wildman–Crippen LogP) is -0.520. The lowest BCUT2D eigenvalue weighted by Gasteiger charge is -2.20. The molecule has 1 rings (SSSR count). The molecule has 0 aromatic carbocycles. The summed E-state index contributed by atoms with van der Waals surface area (Å²) in [4.78, 5) is 0. The van der Waals surface area contributed by atoms with Crippen molar-refractivity contribution in [2.45, 2.75) is 38.0 Å². The fraction of sp³-hybridized carbons (Fsp3) is 1.00. The van der Waals surface area contributed by atoms with E-state index in [-0.39, 0.29) is 18.7 Å². The molecule has 60 valence electrons. The third-order valence-electron chi connectivity index (χ3n) is 2.30. The van der Waals surface area contributed by atoms with E-state index < -0.39 is 5.60 Å². The van der Waals surface area contributed by atoms with Crippen molar-refractivity contribution in [3.05, 3.63) is 0 Å². The summed E-state index contributed by atoms with van der Waals surface area (Å²) in [6, 6.07) is 0.162. The Morgan fingerprint density at radius 1 is 1.70 bits per heavy atom. The average Bonchev–Trinajstić information content (AvgIpc) is 2.08. The highest BCUT2D eigenvalue weighted by Gasteiger charge is 2.38. The first-order valence-electron chi connectivity index (χ1n) is 3.65. The number of hydrogen-bond acceptors (Lipinski definition) is 3. The Morgan fingerprint density at radius 2 is 2.30 bits per heavy atom. The van der Waals surface area contributed by atoms with Crippen LogP contribution in [0.1, 0.15) is 20.3 Å². The number of aliphatic hydroxyl groups excluding tert-OH is 1. The van der Waals surface area contributed by atoms with E-state index in [9.17, 15) is 5.11 Å². The van der Waals surface area contributed by atoms with Gasteiger partial charge >= 0.3 is 0 Å². The maximum Gasteiger partial charge on any atom is 0.0785 e. The topological polar surface area (TPSA) is 52.5 Å². The van der Waals surface area contributed by atoms with Gasteiger partial charge < -0.3 is 15.5 Å². The van der Waals surface area contributed by atoms with Gasteiger partial charge in [-0.2, -0.15) is 0 Å². The predicted molar refractivity (Wildman–Crippen MR) is 38.7 cm³/mol. The Kier molecular flexibility index (Phi) is 1.99. The van der Waals surface area contributed by atoms with Crippen LogP contribution in [-0.2, 0) is 0 Å². The second-order valence-corrected chi connectivity index (χ2v) is 3.33. The molecule has 3 unspecified atom stereocenters. The lowest BCUT2D eigenvalue weighted by molar-refractivity contribution is 0.0500. The van der Waals surface area contributed by atoms with Gasteiger partial charge in [0.1, 0.15) is 0 Å². The first kappa shape index (κ1) is 7.98. The summed E-state index contributed by atoms with van der Waals surface area (Å²) in [5.74, 6) is 0. The van der Waals surface area contributed by atoms with Gasteiger partial charge in [0, 0.05) is 12.1 Å². The van der Waals surface area contributed by atoms with Crippen LogP contribution >= 0.6 is 0 Å². The first-order valence-corrected chi connectivity index (χ1v) is 3.65. The molecule has 1 aliphatic rings. The van der Waals surface area contributed by atoms with Crippen LogP contribution < -0.4 is 5.32 Å². The van der Waals surface area contributed by atoms with Crippen LogP contribution in [0.25, 0.3) is 0 Å². The molecule has 1 fully saturated rings. The quantitative estimate of drug-likeness (QED) is 0.465. The van der Waals surface area contributed by atoms with E-state index in [0.29, 0.717) is 6.42 Å². The van der Waals surface area contributed by atoms with Crippen LogP contribution in [0.3, 0.4) is 0 Å². The fourth-order valence-electron chi connectivity index (χ4n) is 1.38. The van der Waals surface area contributed by atoms with Crippen LogP contribution in [0.2, 0.25) is 0 Å². The van der Waals surface area contributed by atoms with Crippen LogP contribution in [-0.4, -0.2) is 34.5 Å². The smallest absolute Gasteiger partial charge is 0.0785 e. The standard InChI is InChI=1S/C7H15NO2/c1-5-7(2,10)3-6(4-9)8-5/h5-6,8-10H,3-4H2,1-2H3. The molecule has 3 N–H and O–H groups in total. The van der Waals surface area contributed by atoms with Crippen molar-refractivity contribution < 1.29 is 10.2 Å². The molecule has 3 heteroatoms.